The second-order valence-electron chi connectivity index (χ2n) is 2.31. The molecule has 0 aromatic heterocycles. The average Bonchev–Trinajstić information content (AvgIpc) is 1.93. The molecule has 3 nitrogen and oxygen atoms in total. The molecule has 0 amide bonds. The van der Waals surface area contributed by atoms with E-state index in [1.165, 1.54) is 0 Å². The highest BCUT2D eigenvalue weighted by atomic mass is 31.1. The van der Waals surface area contributed by atoms with Gasteiger partial charge in [-0.1, -0.05) is 12.1 Å². The van der Waals surface area contributed by atoms with Gasteiger partial charge in [0.05, 0.1) is 0 Å². The van der Waals surface area contributed by atoms with Crippen LogP contribution in [0.3, 0.4) is 0 Å². The summed E-state index contributed by atoms with van der Waals surface area (Å²) in [6.07, 6.45) is 0.241. The van der Waals surface area contributed by atoms with Crippen molar-refractivity contribution in [2.24, 2.45) is 0 Å². The molecule has 1 atom stereocenters. The molecule has 0 fully saturated rings. The molecule has 0 radical (unpaired) electrons. The average molecular weight is 171 g/mol. The smallest absolute Gasteiger partial charge is 0.193 e. The summed E-state index contributed by atoms with van der Waals surface area (Å²) in [6, 6.07) is 6.96. The van der Waals surface area contributed by atoms with Crippen molar-refractivity contribution in [3.05, 3.63) is 29.8 Å². The summed E-state index contributed by atoms with van der Waals surface area (Å²) in [4.78, 5) is 8.59. The molecule has 1 aromatic carbocycles. The number of rotatable bonds is 2. The molecule has 0 bridgehead atoms. The summed E-state index contributed by atoms with van der Waals surface area (Å²) in [5, 5.41) is 0. The van der Waals surface area contributed by atoms with E-state index in [1.807, 2.05) is 0 Å². The molecule has 0 saturated heterocycles. The molecule has 4 heteroatoms. The Hall–Kier alpha value is -0.790. The Kier molecular flexibility index (Phi) is 2.69. The fraction of sp³-hybridized carbons (Fsp3) is 0.143. The summed E-state index contributed by atoms with van der Waals surface area (Å²) >= 11 is 0. The van der Waals surface area contributed by atoms with E-state index in [-0.39, 0.29) is 6.16 Å². The third kappa shape index (κ3) is 2.74. The third-order valence-corrected chi connectivity index (χ3v) is 2.05. The van der Waals surface area contributed by atoms with Gasteiger partial charge in [-0.05, 0) is 17.7 Å². The molecule has 0 aliphatic heterocycles. The van der Waals surface area contributed by atoms with Gasteiger partial charge in [0.25, 0.3) is 0 Å². The Morgan fingerprint density at radius 2 is 1.91 bits per heavy atom. The molecule has 11 heavy (non-hydrogen) atoms. The first-order valence-corrected chi connectivity index (χ1v) is 4.81. The van der Waals surface area contributed by atoms with Crippen LogP contribution in [0.5, 0.6) is 0 Å². The van der Waals surface area contributed by atoms with Crippen molar-refractivity contribution in [2.45, 2.75) is 6.16 Å². The molecule has 60 valence electrons. The predicted molar refractivity (Wildman–Crippen MR) is 45.8 cm³/mol. The van der Waals surface area contributed by atoms with Gasteiger partial charge >= 0.3 is 0 Å². The van der Waals surface area contributed by atoms with Gasteiger partial charge in [0, 0.05) is 11.8 Å². The maximum absolute atomic E-state index is 10.4. The Morgan fingerprint density at radius 1 is 1.36 bits per heavy atom. The maximum atomic E-state index is 10.4. The molecule has 3 N–H and O–H groups in total. The summed E-state index contributed by atoms with van der Waals surface area (Å²) in [7, 11) is -2.39. The van der Waals surface area contributed by atoms with Gasteiger partial charge in [0.15, 0.2) is 8.03 Å². The number of nitrogens with two attached hydrogens (primary N) is 1. The Morgan fingerprint density at radius 3 is 2.36 bits per heavy atom. The van der Waals surface area contributed by atoms with Crippen LogP contribution in [0.25, 0.3) is 0 Å². The molecular weight excluding hydrogens is 161 g/mol. The van der Waals surface area contributed by atoms with Gasteiger partial charge in [0.1, 0.15) is 0 Å². The minimum atomic E-state index is -2.39. The molecule has 1 unspecified atom stereocenters. The quantitative estimate of drug-likeness (QED) is 0.519. The molecule has 0 saturated carbocycles. The lowest BCUT2D eigenvalue weighted by Crippen LogP contribution is -1.84. The zero-order valence-electron chi connectivity index (χ0n) is 5.95. The summed E-state index contributed by atoms with van der Waals surface area (Å²) in [5.41, 5.74) is 6.95. The molecule has 1 aromatic rings. The number of hydrogen-bond acceptors (Lipinski definition) is 2. The topological polar surface area (TPSA) is 63.3 Å². The molecule has 1 rings (SSSR count). The fourth-order valence-corrected chi connectivity index (χ4v) is 1.40. The lowest BCUT2D eigenvalue weighted by molar-refractivity contribution is 0.502. The fourth-order valence-electron chi connectivity index (χ4n) is 0.810. The standard InChI is InChI=1S/C7H10NO2P/c8-7-3-1-6(2-4-7)5-11(9)10/h1-4,11H,5,8H2,(H,9,10). The molecule has 0 aliphatic carbocycles. The maximum Gasteiger partial charge on any atom is 0.193 e. The van der Waals surface area contributed by atoms with Gasteiger partial charge in [0.2, 0.25) is 0 Å². The Bertz CT molecular complexity index is 258. The first-order valence-electron chi connectivity index (χ1n) is 3.24. The molecule has 0 aliphatic rings. The van der Waals surface area contributed by atoms with Crippen LogP contribution >= 0.6 is 8.03 Å². The van der Waals surface area contributed by atoms with Crippen LogP contribution in [0.4, 0.5) is 5.69 Å². The number of nitrogen functional groups attached to an aromatic ring is 1. The SMILES string of the molecule is Nc1ccc(C[PH](=O)O)cc1. The number of hydrogen-bond donors (Lipinski definition) is 2. The summed E-state index contributed by atoms with van der Waals surface area (Å²) in [6.45, 7) is 0. The normalized spacial score (nSPS) is 12.8. The summed E-state index contributed by atoms with van der Waals surface area (Å²) in [5.74, 6) is 0. The zero-order valence-corrected chi connectivity index (χ0v) is 6.95. The van der Waals surface area contributed by atoms with Gasteiger partial charge in [-0.25, -0.2) is 0 Å². The van der Waals surface area contributed by atoms with Crippen molar-refractivity contribution in [2.75, 3.05) is 5.73 Å². The van der Waals surface area contributed by atoms with Gasteiger partial charge in [-0.15, -0.1) is 0 Å². The highest BCUT2D eigenvalue weighted by molar-refractivity contribution is 7.37. The van der Waals surface area contributed by atoms with Crippen LogP contribution in [0.1, 0.15) is 5.56 Å². The van der Waals surface area contributed by atoms with Crippen molar-refractivity contribution in [1.29, 1.82) is 0 Å². The minimum Gasteiger partial charge on any atom is -0.399 e. The number of benzene rings is 1. The molecular formula is C7H10NO2P. The first-order chi connectivity index (χ1) is 5.18. The minimum absolute atomic E-state index is 0.241. The van der Waals surface area contributed by atoms with E-state index in [0.29, 0.717) is 5.69 Å². The first kappa shape index (κ1) is 8.31. The van der Waals surface area contributed by atoms with E-state index in [4.69, 9.17) is 10.6 Å². The number of anilines is 1. The highest BCUT2D eigenvalue weighted by Gasteiger charge is 1.95. The molecule has 0 heterocycles. The molecule has 0 spiro atoms. The monoisotopic (exact) mass is 171 g/mol. The van der Waals surface area contributed by atoms with Crippen LogP contribution in [0, 0.1) is 0 Å². The van der Waals surface area contributed by atoms with Gasteiger partial charge < -0.3 is 10.6 Å². The van der Waals surface area contributed by atoms with E-state index in [2.05, 4.69) is 0 Å². The van der Waals surface area contributed by atoms with Gasteiger partial charge in [-0.2, -0.15) is 0 Å². The Balaban J connectivity index is 2.74. The van der Waals surface area contributed by atoms with Crippen molar-refractivity contribution in [1.82, 2.24) is 0 Å². The van der Waals surface area contributed by atoms with Crippen LogP contribution in [-0.4, -0.2) is 4.89 Å². The second kappa shape index (κ2) is 3.56. The largest absolute Gasteiger partial charge is 0.399 e. The van der Waals surface area contributed by atoms with E-state index < -0.39 is 8.03 Å². The van der Waals surface area contributed by atoms with Crippen LogP contribution in [0.15, 0.2) is 24.3 Å². The van der Waals surface area contributed by atoms with E-state index in [9.17, 15) is 4.57 Å². The van der Waals surface area contributed by atoms with Crippen molar-refractivity contribution >= 4 is 13.7 Å². The third-order valence-electron chi connectivity index (χ3n) is 1.34. The van der Waals surface area contributed by atoms with Gasteiger partial charge in [-0.3, -0.25) is 4.57 Å². The van der Waals surface area contributed by atoms with Crippen LogP contribution in [0.2, 0.25) is 0 Å². The van der Waals surface area contributed by atoms with E-state index in [1.54, 1.807) is 24.3 Å². The van der Waals surface area contributed by atoms with Crippen LogP contribution < -0.4 is 5.73 Å². The predicted octanol–water partition coefficient (Wildman–Crippen LogP) is 1.24. The van der Waals surface area contributed by atoms with Crippen LogP contribution in [-0.2, 0) is 10.7 Å². The van der Waals surface area contributed by atoms with E-state index in [0.717, 1.165) is 5.56 Å². The highest BCUT2D eigenvalue weighted by Crippen LogP contribution is 2.21. The zero-order chi connectivity index (χ0) is 8.27. The van der Waals surface area contributed by atoms with Crippen molar-refractivity contribution < 1.29 is 9.46 Å². The van der Waals surface area contributed by atoms with Crippen molar-refractivity contribution in [3.8, 4) is 0 Å². The summed E-state index contributed by atoms with van der Waals surface area (Å²) < 4.78 is 10.4. The Labute approximate surface area is 65.7 Å². The van der Waals surface area contributed by atoms with Crippen molar-refractivity contribution in [3.63, 3.8) is 0 Å². The lowest BCUT2D eigenvalue weighted by atomic mass is 10.2. The lowest BCUT2D eigenvalue weighted by Gasteiger charge is -1.97. The second-order valence-corrected chi connectivity index (χ2v) is 3.45. The van der Waals surface area contributed by atoms with E-state index >= 15 is 0 Å².